The van der Waals surface area contributed by atoms with Gasteiger partial charge in [-0.1, -0.05) is 55.5 Å². The molecule has 2 heterocycles. The summed E-state index contributed by atoms with van der Waals surface area (Å²) in [7, 11) is 1.85. The molecule has 0 aliphatic carbocycles. The molecule has 0 bridgehead atoms. The molecular formula is C23H21N3O2S. The Balaban J connectivity index is 1.67. The van der Waals surface area contributed by atoms with Gasteiger partial charge in [0.1, 0.15) is 10.7 Å². The summed E-state index contributed by atoms with van der Waals surface area (Å²) in [5, 5.41) is 4.36. The van der Waals surface area contributed by atoms with Gasteiger partial charge in [0.2, 0.25) is 0 Å². The van der Waals surface area contributed by atoms with Crippen molar-refractivity contribution in [3.8, 4) is 0 Å². The monoisotopic (exact) mass is 403 g/mol. The van der Waals surface area contributed by atoms with Crippen molar-refractivity contribution in [3.05, 3.63) is 88.4 Å². The number of para-hydroxylation sites is 1. The number of fused-ring (bicyclic) bond motifs is 1. The zero-order valence-corrected chi connectivity index (χ0v) is 17.0. The number of carbonyl (C=O) groups excluding carboxylic acids is 2. The maximum Gasteiger partial charge on any atom is 0.272 e. The highest BCUT2D eigenvalue weighted by Gasteiger charge is 2.21. The second kappa shape index (κ2) is 7.56. The first-order valence-electron chi connectivity index (χ1n) is 9.30. The molecule has 0 saturated heterocycles. The van der Waals surface area contributed by atoms with Gasteiger partial charge in [-0.3, -0.25) is 9.59 Å². The summed E-state index contributed by atoms with van der Waals surface area (Å²) in [6, 6.07) is 21.4. The topological polar surface area (TPSA) is 77.1 Å². The third-order valence-electron chi connectivity index (χ3n) is 5.15. The summed E-state index contributed by atoms with van der Waals surface area (Å²) in [6.45, 7) is 2.07. The Morgan fingerprint density at radius 1 is 1.03 bits per heavy atom. The van der Waals surface area contributed by atoms with Crippen molar-refractivity contribution >= 4 is 39.1 Å². The molecule has 0 radical (unpaired) electrons. The van der Waals surface area contributed by atoms with E-state index in [4.69, 9.17) is 5.73 Å². The molecule has 4 rings (SSSR count). The van der Waals surface area contributed by atoms with E-state index in [1.165, 1.54) is 11.3 Å². The van der Waals surface area contributed by atoms with Crippen LogP contribution in [0.2, 0.25) is 0 Å². The van der Waals surface area contributed by atoms with Crippen LogP contribution in [0.15, 0.2) is 66.7 Å². The number of rotatable bonds is 5. The number of primary amides is 1. The third kappa shape index (κ3) is 3.54. The molecule has 0 spiro atoms. The molecule has 4 aromatic rings. The Kier molecular flexibility index (Phi) is 4.94. The van der Waals surface area contributed by atoms with E-state index in [0.29, 0.717) is 16.3 Å². The van der Waals surface area contributed by atoms with Gasteiger partial charge < -0.3 is 15.6 Å². The van der Waals surface area contributed by atoms with Crippen LogP contribution >= 0.6 is 11.3 Å². The quantitative estimate of drug-likeness (QED) is 0.505. The van der Waals surface area contributed by atoms with Crippen LogP contribution in [-0.4, -0.2) is 16.4 Å². The normalized spacial score (nSPS) is 12.1. The van der Waals surface area contributed by atoms with Crippen molar-refractivity contribution in [1.29, 1.82) is 0 Å². The number of amides is 2. The lowest BCUT2D eigenvalue weighted by atomic mass is 9.99. The highest BCUT2D eigenvalue weighted by molar-refractivity contribution is 7.16. The molecular weight excluding hydrogens is 382 g/mol. The molecule has 0 saturated carbocycles. The van der Waals surface area contributed by atoms with Crippen molar-refractivity contribution < 1.29 is 9.59 Å². The van der Waals surface area contributed by atoms with Crippen LogP contribution < -0.4 is 11.1 Å². The van der Waals surface area contributed by atoms with Gasteiger partial charge in [0.05, 0.1) is 5.56 Å². The van der Waals surface area contributed by atoms with Gasteiger partial charge in [-0.25, -0.2) is 0 Å². The standard InChI is InChI=1S/C23H21N3O2S/c1-14(15-8-4-3-5-9-15)20-13-17(21(24)27)23(29-20)25-22(28)19-12-16-10-6-7-11-18(16)26(19)2/h3-14H,1-2H3,(H2,24,27)(H,25,28). The second-order valence-electron chi connectivity index (χ2n) is 6.99. The Morgan fingerprint density at radius 3 is 2.41 bits per heavy atom. The van der Waals surface area contributed by atoms with E-state index >= 15 is 0 Å². The van der Waals surface area contributed by atoms with Crippen LogP contribution in [-0.2, 0) is 7.05 Å². The van der Waals surface area contributed by atoms with E-state index in [2.05, 4.69) is 12.2 Å². The third-order valence-corrected chi connectivity index (χ3v) is 6.39. The van der Waals surface area contributed by atoms with Crippen molar-refractivity contribution in [1.82, 2.24) is 4.57 Å². The first-order valence-corrected chi connectivity index (χ1v) is 10.1. The Morgan fingerprint density at radius 2 is 1.72 bits per heavy atom. The van der Waals surface area contributed by atoms with Gasteiger partial charge >= 0.3 is 0 Å². The number of anilines is 1. The van der Waals surface area contributed by atoms with Crippen LogP contribution in [0.3, 0.4) is 0 Å². The number of nitrogens with zero attached hydrogens (tertiary/aromatic N) is 1. The molecule has 1 atom stereocenters. The summed E-state index contributed by atoms with van der Waals surface area (Å²) in [4.78, 5) is 25.9. The molecule has 0 fully saturated rings. The van der Waals surface area contributed by atoms with E-state index in [9.17, 15) is 9.59 Å². The second-order valence-corrected chi connectivity index (χ2v) is 8.07. The SMILES string of the molecule is CC(c1ccccc1)c1cc(C(N)=O)c(NC(=O)c2cc3ccccc3n2C)s1. The van der Waals surface area contributed by atoms with Crippen molar-refractivity contribution in [2.24, 2.45) is 12.8 Å². The predicted octanol–water partition coefficient (Wildman–Crippen LogP) is 4.74. The molecule has 0 aliphatic heterocycles. The highest BCUT2D eigenvalue weighted by atomic mass is 32.1. The predicted molar refractivity (Wildman–Crippen MR) is 118 cm³/mol. The average molecular weight is 404 g/mol. The summed E-state index contributed by atoms with van der Waals surface area (Å²) in [6.07, 6.45) is 0. The average Bonchev–Trinajstić information content (AvgIpc) is 3.30. The molecule has 146 valence electrons. The van der Waals surface area contributed by atoms with Crippen molar-refractivity contribution in [2.75, 3.05) is 5.32 Å². The summed E-state index contributed by atoms with van der Waals surface area (Å²) < 4.78 is 1.84. The van der Waals surface area contributed by atoms with E-state index in [1.54, 1.807) is 6.07 Å². The van der Waals surface area contributed by atoms with Crippen LogP contribution in [0.4, 0.5) is 5.00 Å². The number of aromatic nitrogens is 1. The fourth-order valence-corrected chi connectivity index (χ4v) is 4.62. The van der Waals surface area contributed by atoms with Crippen LogP contribution in [0.1, 0.15) is 44.1 Å². The van der Waals surface area contributed by atoms with E-state index in [1.807, 2.05) is 72.3 Å². The van der Waals surface area contributed by atoms with Gasteiger partial charge in [0, 0.05) is 28.7 Å². The largest absolute Gasteiger partial charge is 0.366 e. The van der Waals surface area contributed by atoms with E-state index in [-0.39, 0.29) is 11.8 Å². The van der Waals surface area contributed by atoms with Gasteiger partial charge in [-0.15, -0.1) is 11.3 Å². The molecule has 5 nitrogen and oxygen atoms in total. The number of aryl methyl sites for hydroxylation is 1. The fraction of sp³-hybridized carbons (Fsp3) is 0.130. The van der Waals surface area contributed by atoms with E-state index < -0.39 is 5.91 Å². The number of hydrogen-bond acceptors (Lipinski definition) is 3. The summed E-state index contributed by atoms with van der Waals surface area (Å²) in [5.74, 6) is -0.741. The van der Waals surface area contributed by atoms with Gasteiger partial charge in [0.25, 0.3) is 11.8 Å². The van der Waals surface area contributed by atoms with E-state index in [0.717, 1.165) is 21.3 Å². The smallest absolute Gasteiger partial charge is 0.272 e. The lowest BCUT2D eigenvalue weighted by molar-refractivity contribution is 0.100. The number of thiophene rings is 1. The Hall–Kier alpha value is -3.38. The molecule has 6 heteroatoms. The van der Waals surface area contributed by atoms with Gasteiger partial charge in [-0.05, 0) is 23.8 Å². The Labute approximate surface area is 172 Å². The molecule has 2 aromatic carbocycles. The maximum absolute atomic E-state index is 13.0. The first-order chi connectivity index (χ1) is 14.0. The van der Waals surface area contributed by atoms with Crippen LogP contribution in [0, 0.1) is 0 Å². The number of carbonyl (C=O) groups is 2. The van der Waals surface area contributed by atoms with Gasteiger partial charge in [-0.2, -0.15) is 0 Å². The van der Waals surface area contributed by atoms with Crippen molar-refractivity contribution in [2.45, 2.75) is 12.8 Å². The lowest BCUT2D eigenvalue weighted by Crippen LogP contribution is -2.18. The number of hydrogen-bond donors (Lipinski definition) is 2. The lowest BCUT2D eigenvalue weighted by Gasteiger charge is -2.09. The van der Waals surface area contributed by atoms with Gasteiger partial charge in [0.15, 0.2) is 0 Å². The molecule has 29 heavy (non-hydrogen) atoms. The maximum atomic E-state index is 13.0. The molecule has 2 amide bonds. The summed E-state index contributed by atoms with van der Waals surface area (Å²) in [5.41, 5.74) is 8.54. The minimum atomic E-state index is -0.555. The zero-order valence-electron chi connectivity index (χ0n) is 16.2. The minimum absolute atomic E-state index is 0.0857. The summed E-state index contributed by atoms with van der Waals surface area (Å²) >= 11 is 1.38. The fourth-order valence-electron chi connectivity index (χ4n) is 3.48. The molecule has 3 N–H and O–H groups in total. The highest BCUT2D eigenvalue weighted by Crippen LogP contribution is 2.36. The van der Waals surface area contributed by atoms with Crippen LogP contribution in [0.25, 0.3) is 10.9 Å². The Bertz CT molecular complexity index is 1210. The van der Waals surface area contributed by atoms with Crippen LogP contribution in [0.5, 0.6) is 0 Å². The minimum Gasteiger partial charge on any atom is -0.366 e. The first kappa shape index (κ1) is 19.0. The number of benzene rings is 2. The number of nitrogens with one attached hydrogen (secondary N) is 1. The molecule has 1 unspecified atom stereocenters. The zero-order chi connectivity index (χ0) is 20.5. The number of nitrogens with two attached hydrogens (primary N) is 1. The van der Waals surface area contributed by atoms with Crippen molar-refractivity contribution in [3.63, 3.8) is 0 Å². The molecule has 0 aliphatic rings. The molecule has 2 aromatic heterocycles.